The minimum absolute atomic E-state index is 0.130. The largest absolute Gasteiger partial charge is 0.382 e. The second-order valence-electron chi connectivity index (χ2n) is 5.23. The molecule has 1 aliphatic carbocycles. The van der Waals surface area contributed by atoms with Crippen LogP contribution in [0.2, 0.25) is 0 Å². The highest BCUT2D eigenvalue weighted by atomic mass is 16.6. The highest BCUT2D eigenvalue weighted by Crippen LogP contribution is 2.34. The van der Waals surface area contributed by atoms with Gasteiger partial charge in [-0.1, -0.05) is 6.92 Å². The highest BCUT2D eigenvalue weighted by Gasteiger charge is 2.26. The summed E-state index contributed by atoms with van der Waals surface area (Å²) in [6.07, 6.45) is 5.58. The fraction of sp³-hybridized carbons (Fsp3) is 0.357. The number of benzene rings is 1. The van der Waals surface area contributed by atoms with Gasteiger partial charge >= 0.3 is 0 Å². The van der Waals surface area contributed by atoms with Gasteiger partial charge in [-0.25, -0.2) is 0 Å². The Bertz CT molecular complexity index is 636. The third-order valence-corrected chi connectivity index (χ3v) is 3.73. The minimum Gasteiger partial charge on any atom is -0.382 e. The van der Waals surface area contributed by atoms with E-state index in [0.29, 0.717) is 11.4 Å². The molecule has 0 bridgehead atoms. The molecule has 98 valence electrons. The number of hydrogen-bond donors (Lipinski definition) is 1. The maximum Gasteiger partial charge on any atom is 0.277 e. The molecule has 0 atom stereocenters. The first-order valence-corrected chi connectivity index (χ1v) is 6.43. The van der Waals surface area contributed by atoms with Crippen molar-refractivity contribution in [2.75, 3.05) is 5.32 Å². The Morgan fingerprint density at radius 3 is 2.79 bits per heavy atom. The summed E-state index contributed by atoms with van der Waals surface area (Å²) in [5.41, 5.74) is 1.07. The van der Waals surface area contributed by atoms with Crippen LogP contribution in [-0.4, -0.2) is 15.9 Å². The van der Waals surface area contributed by atoms with Gasteiger partial charge in [-0.15, -0.1) is 0 Å². The van der Waals surface area contributed by atoms with Crippen LogP contribution in [-0.2, 0) is 0 Å². The van der Waals surface area contributed by atoms with Crippen LogP contribution < -0.4 is 5.32 Å². The second kappa shape index (κ2) is 4.50. The number of fused-ring (bicyclic) bond motifs is 1. The maximum absolute atomic E-state index is 11.0. The first-order valence-electron chi connectivity index (χ1n) is 6.43. The Morgan fingerprint density at radius 2 is 2.11 bits per heavy atom. The van der Waals surface area contributed by atoms with E-state index >= 15 is 0 Å². The molecule has 0 spiro atoms. The van der Waals surface area contributed by atoms with Gasteiger partial charge in [0, 0.05) is 35.6 Å². The van der Waals surface area contributed by atoms with Gasteiger partial charge in [0.25, 0.3) is 5.69 Å². The van der Waals surface area contributed by atoms with Gasteiger partial charge in [0.05, 0.1) is 10.3 Å². The topological polar surface area (TPSA) is 68.1 Å². The predicted molar refractivity (Wildman–Crippen MR) is 74.2 cm³/mol. The lowest BCUT2D eigenvalue weighted by molar-refractivity contribution is -0.383. The number of rotatable bonds is 3. The Labute approximate surface area is 110 Å². The number of nitrogens with one attached hydrogen (secondary N) is 1. The Balaban J connectivity index is 2.01. The predicted octanol–water partition coefficient (Wildman–Crippen LogP) is 3.35. The molecule has 1 aromatic heterocycles. The van der Waals surface area contributed by atoms with Crippen LogP contribution >= 0.6 is 0 Å². The van der Waals surface area contributed by atoms with Gasteiger partial charge in [-0.2, -0.15) is 0 Å². The Morgan fingerprint density at radius 1 is 1.32 bits per heavy atom. The van der Waals surface area contributed by atoms with Gasteiger partial charge in [-0.3, -0.25) is 15.1 Å². The first kappa shape index (κ1) is 11.9. The van der Waals surface area contributed by atoms with Crippen molar-refractivity contribution in [2.24, 2.45) is 5.92 Å². The average molecular weight is 257 g/mol. The van der Waals surface area contributed by atoms with E-state index < -0.39 is 0 Å². The summed E-state index contributed by atoms with van der Waals surface area (Å²) in [4.78, 5) is 14.8. The van der Waals surface area contributed by atoms with Crippen LogP contribution in [0, 0.1) is 16.0 Å². The van der Waals surface area contributed by atoms with Gasteiger partial charge in [0.1, 0.15) is 0 Å². The lowest BCUT2D eigenvalue weighted by atomic mass is 9.81. The van der Waals surface area contributed by atoms with E-state index in [4.69, 9.17) is 0 Å². The van der Waals surface area contributed by atoms with Crippen molar-refractivity contribution in [3.8, 4) is 0 Å². The zero-order chi connectivity index (χ0) is 13.4. The smallest absolute Gasteiger partial charge is 0.277 e. The first-order chi connectivity index (χ1) is 9.15. The lowest BCUT2D eigenvalue weighted by Gasteiger charge is -2.34. The van der Waals surface area contributed by atoms with Crippen LogP contribution in [0.25, 0.3) is 10.8 Å². The van der Waals surface area contributed by atoms with Crippen LogP contribution in [0.15, 0.2) is 30.6 Å². The molecule has 1 N–H and O–H groups in total. The number of pyridine rings is 1. The molecule has 0 saturated heterocycles. The summed E-state index contributed by atoms with van der Waals surface area (Å²) in [7, 11) is 0. The minimum atomic E-state index is -0.350. The van der Waals surface area contributed by atoms with E-state index in [9.17, 15) is 10.1 Å². The number of anilines is 1. The molecule has 0 amide bonds. The zero-order valence-corrected chi connectivity index (χ0v) is 10.7. The molecular formula is C14H15N3O2. The van der Waals surface area contributed by atoms with Gasteiger partial charge in [0.15, 0.2) is 0 Å². The van der Waals surface area contributed by atoms with Crippen molar-refractivity contribution < 1.29 is 4.92 Å². The van der Waals surface area contributed by atoms with Crippen LogP contribution in [0.4, 0.5) is 11.4 Å². The third-order valence-electron chi connectivity index (χ3n) is 3.73. The van der Waals surface area contributed by atoms with Crippen molar-refractivity contribution in [1.82, 2.24) is 4.98 Å². The summed E-state index contributed by atoms with van der Waals surface area (Å²) in [5.74, 6) is 0.764. The summed E-state index contributed by atoms with van der Waals surface area (Å²) in [6, 6.07) is 5.51. The standard InChI is InChI=1S/C14H15N3O2/c1-9-6-10(7-9)16-13-2-3-14(17(18)19)11-4-5-15-8-12(11)13/h2-5,8-10,16H,6-7H2,1H3. The number of nitrogens with zero attached hydrogens (tertiary/aromatic N) is 2. The summed E-state index contributed by atoms with van der Waals surface area (Å²) in [5, 5.41) is 15.9. The lowest BCUT2D eigenvalue weighted by Crippen LogP contribution is -2.33. The van der Waals surface area contributed by atoms with Gasteiger partial charge < -0.3 is 5.32 Å². The Hall–Kier alpha value is -2.17. The molecule has 1 saturated carbocycles. The van der Waals surface area contributed by atoms with Gasteiger partial charge in [-0.05, 0) is 30.9 Å². The number of nitro benzene ring substituents is 1. The second-order valence-corrected chi connectivity index (χ2v) is 5.23. The fourth-order valence-corrected chi connectivity index (χ4v) is 2.70. The molecule has 0 radical (unpaired) electrons. The molecule has 5 heteroatoms. The van der Waals surface area contributed by atoms with Crippen molar-refractivity contribution >= 4 is 22.1 Å². The quantitative estimate of drug-likeness (QED) is 0.676. The number of non-ortho nitro benzene ring substituents is 1. The van der Waals surface area contributed by atoms with E-state index in [2.05, 4.69) is 17.2 Å². The number of hydrogen-bond acceptors (Lipinski definition) is 4. The van der Waals surface area contributed by atoms with E-state index in [1.54, 1.807) is 30.6 Å². The monoisotopic (exact) mass is 257 g/mol. The SMILES string of the molecule is CC1CC(Nc2ccc([N+](=O)[O-])c3ccncc23)C1. The van der Waals surface area contributed by atoms with E-state index in [1.807, 2.05) is 0 Å². The number of aromatic nitrogens is 1. The molecule has 1 fully saturated rings. The van der Waals surface area contributed by atoms with Gasteiger partial charge in [0.2, 0.25) is 0 Å². The molecule has 2 aromatic rings. The van der Waals surface area contributed by atoms with Crippen molar-refractivity contribution in [3.05, 3.63) is 40.7 Å². The molecule has 0 aliphatic heterocycles. The normalized spacial score (nSPS) is 21.9. The molecule has 1 heterocycles. The van der Waals surface area contributed by atoms with Crippen LogP contribution in [0.3, 0.4) is 0 Å². The molecule has 19 heavy (non-hydrogen) atoms. The molecular weight excluding hydrogens is 242 g/mol. The fourth-order valence-electron chi connectivity index (χ4n) is 2.70. The van der Waals surface area contributed by atoms with Crippen molar-refractivity contribution in [2.45, 2.75) is 25.8 Å². The summed E-state index contributed by atoms with van der Waals surface area (Å²) in [6.45, 7) is 2.23. The van der Waals surface area contributed by atoms with E-state index in [0.717, 1.165) is 29.8 Å². The van der Waals surface area contributed by atoms with Crippen LogP contribution in [0.5, 0.6) is 0 Å². The maximum atomic E-state index is 11.0. The zero-order valence-electron chi connectivity index (χ0n) is 10.7. The van der Waals surface area contributed by atoms with E-state index in [1.165, 1.54) is 0 Å². The molecule has 1 aliphatic rings. The average Bonchev–Trinajstić information content (AvgIpc) is 2.36. The summed E-state index contributed by atoms with van der Waals surface area (Å²) < 4.78 is 0. The number of nitro groups is 1. The Kier molecular flexibility index (Phi) is 2.81. The van der Waals surface area contributed by atoms with Crippen molar-refractivity contribution in [1.29, 1.82) is 0 Å². The molecule has 0 unspecified atom stereocenters. The molecule has 3 rings (SSSR count). The molecule has 1 aromatic carbocycles. The summed E-state index contributed by atoms with van der Waals surface area (Å²) >= 11 is 0. The van der Waals surface area contributed by atoms with Crippen LogP contribution in [0.1, 0.15) is 19.8 Å². The van der Waals surface area contributed by atoms with Crippen molar-refractivity contribution in [3.63, 3.8) is 0 Å². The van der Waals surface area contributed by atoms with E-state index in [-0.39, 0.29) is 10.6 Å². The molecule has 5 nitrogen and oxygen atoms in total. The third kappa shape index (κ3) is 2.12. The highest BCUT2D eigenvalue weighted by molar-refractivity contribution is 5.99.